The maximum atomic E-state index is 11.4. The molecular weight excluding hydrogens is 250 g/mol. The summed E-state index contributed by atoms with van der Waals surface area (Å²) in [5, 5.41) is 0. The van der Waals surface area contributed by atoms with Gasteiger partial charge >= 0.3 is 0 Å². The zero-order valence-electron chi connectivity index (χ0n) is 11.0. The maximum Gasteiger partial charge on any atom is 0.211 e. The monoisotopic (exact) mass is 271 g/mol. The second-order valence-corrected chi connectivity index (χ2v) is 5.99. The predicted octanol–water partition coefficient (Wildman–Crippen LogP) is 1.96. The first kappa shape index (κ1) is 15.0. The van der Waals surface area contributed by atoms with Crippen LogP contribution < -0.4 is 9.46 Å². The van der Waals surface area contributed by atoms with Crippen LogP contribution in [0.5, 0.6) is 5.75 Å². The molecule has 0 aromatic heterocycles. The Labute approximate surface area is 109 Å². The number of hydrogen-bond acceptors (Lipinski definition) is 3. The molecule has 0 atom stereocenters. The molecule has 0 saturated heterocycles. The lowest BCUT2D eigenvalue weighted by Gasteiger charge is -2.08. The second-order valence-electron chi connectivity index (χ2n) is 4.06. The van der Waals surface area contributed by atoms with Gasteiger partial charge in [-0.2, -0.15) is 0 Å². The lowest BCUT2D eigenvalue weighted by molar-refractivity contribution is 0.322. The van der Waals surface area contributed by atoms with Gasteiger partial charge in [-0.15, -0.1) is 0 Å². The summed E-state index contributed by atoms with van der Waals surface area (Å²) in [6.45, 7) is 4.57. The molecule has 0 heterocycles. The Balaban J connectivity index is 2.33. The van der Waals surface area contributed by atoms with E-state index in [1.807, 2.05) is 31.2 Å². The highest BCUT2D eigenvalue weighted by Gasteiger charge is 2.07. The average Bonchev–Trinajstić information content (AvgIpc) is 2.35. The van der Waals surface area contributed by atoms with Crippen molar-refractivity contribution in [2.24, 2.45) is 0 Å². The molecule has 0 aliphatic carbocycles. The van der Waals surface area contributed by atoms with Crippen molar-refractivity contribution in [2.45, 2.75) is 26.7 Å². The Morgan fingerprint density at radius 2 is 2.06 bits per heavy atom. The van der Waals surface area contributed by atoms with Crippen LogP contribution in [-0.2, 0) is 16.4 Å². The van der Waals surface area contributed by atoms with Crippen molar-refractivity contribution in [2.75, 3.05) is 18.9 Å². The van der Waals surface area contributed by atoms with Gasteiger partial charge in [0.25, 0.3) is 0 Å². The minimum Gasteiger partial charge on any atom is -0.492 e. The second kappa shape index (κ2) is 7.38. The average molecular weight is 271 g/mol. The van der Waals surface area contributed by atoms with Crippen LogP contribution in [0.1, 0.15) is 25.8 Å². The van der Waals surface area contributed by atoms with Gasteiger partial charge in [0, 0.05) is 6.54 Å². The molecule has 0 amide bonds. The number of nitrogens with one attached hydrogen (secondary N) is 1. The molecule has 0 radical (unpaired) electrons. The molecule has 0 saturated carbocycles. The molecule has 1 aromatic rings. The van der Waals surface area contributed by atoms with Crippen LogP contribution in [0.4, 0.5) is 0 Å². The van der Waals surface area contributed by atoms with Crippen LogP contribution >= 0.6 is 0 Å². The lowest BCUT2D eigenvalue weighted by Crippen LogP contribution is -2.30. The van der Waals surface area contributed by atoms with Gasteiger partial charge in [0.15, 0.2) is 0 Å². The van der Waals surface area contributed by atoms with E-state index < -0.39 is 10.0 Å². The van der Waals surface area contributed by atoms with Crippen LogP contribution in [0, 0.1) is 0 Å². The van der Waals surface area contributed by atoms with E-state index in [1.165, 1.54) is 5.56 Å². The summed E-state index contributed by atoms with van der Waals surface area (Å²) in [5.74, 6) is 0.947. The van der Waals surface area contributed by atoms with Crippen molar-refractivity contribution in [1.82, 2.24) is 4.72 Å². The fourth-order valence-electron chi connectivity index (χ4n) is 1.56. The number of hydrogen-bond donors (Lipinski definition) is 1. The van der Waals surface area contributed by atoms with Crippen molar-refractivity contribution in [3.8, 4) is 5.75 Å². The Morgan fingerprint density at radius 3 is 2.72 bits per heavy atom. The summed E-state index contributed by atoms with van der Waals surface area (Å²) >= 11 is 0. The van der Waals surface area contributed by atoms with E-state index in [4.69, 9.17) is 4.74 Å². The molecule has 5 heteroatoms. The van der Waals surface area contributed by atoms with Crippen LogP contribution in [-0.4, -0.2) is 27.3 Å². The van der Waals surface area contributed by atoms with Crippen molar-refractivity contribution in [3.63, 3.8) is 0 Å². The summed E-state index contributed by atoms with van der Waals surface area (Å²) in [5.41, 5.74) is 1.21. The van der Waals surface area contributed by atoms with Gasteiger partial charge in [-0.05, 0) is 30.5 Å². The van der Waals surface area contributed by atoms with Crippen molar-refractivity contribution >= 4 is 10.0 Å². The Bertz CT molecular complexity index is 457. The van der Waals surface area contributed by atoms with Gasteiger partial charge < -0.3 is 4.74 Å². The Hall–Kier alpha value is -1.07. The topological polar surface area (TPSA) is 55.4 Å². The molecule has 1 N–H and O–H groups in total. The minimum atomic E-state index is -3.13. The number of sulfonamides is 1. The van der Waals surface area contributed by atoms with Crippen LogP contribution in [0.2, 0.25) is 0 Å². The summed E-state index contributed by atoms with van der Waals surface area (Å²) in [4.78, 5) is 0. The molecule has 1 rings (SSSR count). The van der Waals surface area contributed by atoms with E-state index in [2.05, 4.69) is 11.6 Å². The Kier molecular flexibility index (Phi) is 6.15. The van der Waals surface area contributed by atoms with Crippen molar-refractivity contribution in [3.05, 3.63) is 29.8 Å². The highest BCUT2D eigenvalue weighted by atomic mass is 32.2. The number of benzene rings is 1. The molecule has 18 heavy (non-hydrogen) atoms. The van der Waals surface area contributed by atoms with Gasteiger partial charge in [0.05, 0.1) is 5.75 Å². The third-order valence-electron chi connectivity index (χ3n) is 2.47. The molecule has 0 bridgehead atoms. The molecule has 0 aliphatic heterocycles. The highest BCUT2D eigenvalue weighted by molar-refractivity contribution is 7.89. The van der Waals surface area contributed by atoms with E-state index in [-0.39, 0.29) is 5.75 Å². The van der Waals surface area contributed by atoms with Gasteiger partial charge in [-0.1, -0.05) is 26.0 Å². The van der Waals surface area contributed by atoms with Gasteiger partial charge in [0.1, 0.15) is 12.4 Å². The van der Waals surface area contributed by atoms with Crippen LogP contribution in [0.25, 0.3) is 0 Å². The van der Waals surface area contributed by atoms with E-state index >= 15 is 0 Å². The summed E-state index contributed by atoms with van der Waals surface area (Å²) < 4.78 is 30.8. The smallest absolute Gasteiger partial charge is 0.211 e. The molecule has 0 fully saturated rings. The molecule has 4 nitrogen and oxygen atoms in total. The SMILES string of the molecule is CCCS(=O)(=O)NCCOc1cccc(CC)c1. The van der Waals surface area contributed by atoms with Gasteiger partial charge in [-0.25, -0.2) is 13.1 Å². The van der Waals surface area contributed by atoms with E-state index in [1.54, 1.807) is 0 Å². The fraction of sp³-hybridized carbons (Fsp3) is 0.538. The first-order valence-corrected chi connectivity index (χ1v) is 7.91. The van der Waals surface area contributed by atoms with Crippen molar-refractivity contribution < 1.29 is 13.2 Å². The predicted molar refractivity (Wildman–Crippen MR) is 73.4 cm³/mol. The number of rotatable bonds is 8. The largest absolute Gasteiger partial charge is 0.492 e. The van der Waals surface area contributed by atoms with E-state index in [9.17, 15) is 8.42 Å². The number of aryl methyl sites for hydroxylation is 1. The Morgan fingerprint density at radius 1 is 1.28 bits per heavy atom. The zero-order valence-corrected chi connectivity index (χ0v) is 11.8. The summed E-state index contributed by atoms with van der Waals surface area (Å²) in [7, 11) is -3.13. The normalized spacial score (nSPS) is 11.4. The zero-order chi connectivity index (χ0) is 13.4. The van der Waals surface area contributed by atoms with Crippen molar-refractivity contribution in [1.29, 1.82) is 0 Å². The molecule has 1 aromatic carbocycles. The maximum absolute atomic E-state index is 11.4. The minimum absolute atomic E-state index is 0.165. The molecule has 0 spiro atoms. The van der Waals surface area contributed by atoms with Crippen LogP contribution in [0.3, 0.4) is 0 Å². The fourth-order valence-corrected chi connectivity index (χ4v) is 2.64. The first-order valence-electron chi connectivity index (χ1n) is 6.26. The number of ether oxygens (including phenoxy) is 1. The van der Waals surface area contributed by atoms with E-state index in [0.29, 0.717) is 19.6 Å². The molecule has 0 aliphatic rings. The molecule has 102 valence electrons. The first-order chi connectivity index (χ1) is 8.57. The third kappa shape index (κ3) is 5.51. The summed E-state index contributed by atoms with van der Waals surface area (Å²) in [6.07, 6.45) is 1.58. The van der Waals surface area contributed by atoms with Crippen LogP contribution in [0.15, 0.2) is 24.3 Å². The van der Waals surface area contributed by atoms with Gasteiger partial charge in [-0.3, -0.25) is 0 Å². The van der Waals surface area contributed by atoms with Gasteiger partial charge in [0.2, 0.25) is 10.0 Å². The third-order valence-corrected chi connectivity index (χ3v) is 4.06. The lowest BCUT2D eigenvalue weighted by atomic mass is 10.2. The van der Waals surface area contributed by atoms with E-state index in [0.717, 1.165) is 12.2 Å². The quantitative estimate of drug-likeness (QED) is 0.735. The highest BCUT2D eigenvalue weighted by Crippen LogP contribution is 2.13. The molecular formula is C13H21NO3S. The molecule has 0 unspecified atom stereocenters. The standard InChI is InChI=1S/C13H21NO3S/c1-3-10-18(15,16)14-8-9-17-13-7-5-6-12(4-2)11-13/h5-7,11,14H,3-4,8-10H2,1-2H3. The summed E-state index contributed by atoms with van der Waals surface area (Å²) in [6, 6.07) is 7.83.